The summed E-state index contributed by atoms with van der Waals surface area (Å²) in [6, 6.07) is 2.48. The Morgan fingerprint density at radius 1 is 1.37 bits per heavy atom. The summed E-state index contributed by atoms with van der Waals surface area (Å²) in [5, 5.41) is 17.4. The van der Waals surface area contributed by atoms with Gasteiger partial charge in [-0.05, 0) is 42.7 Å². The molecule has 1 rings (SSSR count). The Morgan fingerprint density at radius 3 is 2.79 bits per heavy atom. The van der Waals surface area contributed by atoms with Gasteiger partial charge in [0, 0.05) is 19.7 Å². The molecule has 4 nitrogen and oxygen atoms in total. The van der Waals surface area contributed by atoms with Crippen LogP contribution in [-0.4, -0.2) is 50.2 Å². The number of aliphatic hydroxyl groups is 1. The van der Waals surface area contributed by atoms with Crippen LogP contribution in [0, 0.1) is 0 Å². The minimum Gasteiger partial charge on any atom is -0.389 e. The van der Waals surface area contributed by atoms with Crippen LogP contribution in [0.3, 0.4) is 0 Å². The summed E-state index contributed by atoms with van der Waals surface area (Å²) in [6.07, 6.45) is 0.518. The van der Waals surface area contributed by atoms with Gasteiger partial charge in [-0.15, -0.1) is 0 Å². The molecular formula is C14H25NO3S. The van der Waals surface area contributed by atoms with Crippen LogP contribution in [0.5, 0.6) is 0 Å². The van der Waals surface area contributed by atoms with Crippen LogP contribution < -0.4 is 5.32 Å². The Kier molecular flexibility index (Phi) is 8.25. The monoisotopic (exact) mass is 287 g/mol. The number of hydrogen-bond acceptors (Lipinski definition) is 5. The van der Waals surface area contributed by atoms with E-state index in [1.54, 1.807) is 18.4 Å². The predicted octanol–water partition coefficient (Wildman–Crippen LogP) is 1.68. The maximum Gasteiger partial charge on any atom is 0.0897 e. The molecule has 0 aliphatic carbocycles. The molecule has 3 unspecified atom stereocenters. The summed E-state index contributed by atoms with van der Waals surface area (Å²) in [5.74, 6) is 0. The second-order valence-electron chi connectivity index (χ2n) is 4.90. The van der Waals surface area contributed by atoms with Crippen molar-refractivity contribution in [1.82, 2.24) is 5.32 Å². The summed E-state index contributed by atoms with van der Waals surface area (Å²) in [6.45, 7) is 5.49. The van der Waals surface area contributed by atoms with Gasteiger partial charge in [-0.3, -0.25) is 0 Å². The quantitative estimate of drug-likeness (QED) is 0.687. The number of rotatable bonds is 10. The third kappa shape index (κ3) is 7.64. The van der Waals surface area contributed by atoms with Gasteiger partial charge < -0.3 is 19.9 Å². The van der Waals surface area contributed by atoms with Gasteiger partial charge in [0.15, 0.2) is 0 Å². The molecule has 0 saturated carbocycles. The summed E-state index contributed by atoms with van der Waals surface area (Å²) in [4.78, 5) is 0. The van der Waals surface area contributed by atoms with Crippen molar-refractivity contribution >= 4 is 11.3 Å². The molecule has 5 heteroatoms. The highest BCUT2D eigenvalue weighted by Crippen LogP contribution is 2.08. The van der Waals surface area contributed by atoms with Gasteiger partial charge in [0.05, 0.1) is 25.4 Å². The first-order valence-corrected chi connectivity index (χ1v) is 7.59. The van der Waals surface area contributed by atoms with Crippen molar-refractivity contribution in [3.63, 3.8) is 0 Å². The first-order valence-electron chi connectivity index (χ1n) is 6.65. The van der Waals surface area contributed by atoms with E-state index in [4.69, 9.17) is 9.47 Å². The molecule has 1 aromatic rings. The Hall–Kier alpha value is -0.460. The molecule has 3 atom stereocenters. The second kappa shape index (κ2) is 9.44. The summed E-state index contributed by atoms with van der Waals surface area (Å²) < 4.78 is 10.4. The number of hydrogen-bond donors (Lipinski definition) is 2. The zero-order valence-electron chi connectivity index (χ0n) is 12.0. The molecule has 1 heterocycles. The molecule has 0 radical (unpaired) electrons. The van der Waals surface area contributed by atoms with E-state index in [0.29, 0.717) is 25.8 Å². The number of thiophene rings is 1. The van der Waals surface area contributed by atoms with E-state index in [2.05, 4.69) is 29.1 Å². The number of nitrogens with one attached hydrogen (secondary N) is 1. The highest BCUT2D eigenvalue weighted by atomic mass is 32.1. The van der Waals surface area contributed by atoms with Gasteiger partial charge in [0.2, 0.25) is 0 Å². The third-order valence-corrected chi connectivity index (χ3v) is 3.53. The fourth-order valence-corrected chi connectivity index (χ4v) is 2.47. The molecule has 0 aliphatic heterocycles. The summed E-state index contributed by atoms with van der Waals surface area (Å²) >= 11 is 1.71. The predicted molar refractivity (Wildman–Crippen MR) is 78.8 cm³/mol. The zero-order chi connectivity index (χ0) is 14.1. The lowest BCUT2D eigenvalue weighted by Gasteiger charge is -2.19. The van der Waals surface area contributed by atoms with Crippen molar-refractivity contribution in [2.75, 3.05) is 26.9 Å². The SMILES string of the molecule is COCC(C)OCC(O)CNC(C)Cc1ccsc1. The number of ether oxygens (including phenoxy) is 2. The molecule has 0 bridgehead atoms. The van der Waals surface area contributed by atoms with E-state index in [1.165, 1.54) is 5.56 Å². The smallest absolute Gasteiger partial charge is 0.0897 e. The fraction of sp³-hybridized carbons (Fsp3) is 0.714. The second-order valence-corrected chi connectivity index (χ2v) is 5.68. The van der Waals surface area contributed by atoms with Crippen LogP contribution in [0.25, 0.3) is 0 Å². The van der Waals surface area contributed by atoms with Crippen molar-refractivity contribution in [3.8, 4) is 0 Å². The average molecular weight is 287 g/mol. The van der Waals surface area contributed by atoms with Crippen molar-refractivity contribution in [2.24, 2.45) is 0 Å². The van der Waals surface area contributed by atoms with Gasteiger partial charge in [-0.2, -0.15) is 11.3 Å². The third-order valence-electron chi connectivity index (χ3n) is 2.80. The molecule has 0 aromatic carbocycles. The van der Waals surface area contributed by atoms with Crippen molar-refractivity contribution in [3.05, 3.63) is 22.4 Å². The van der Waals surface area contributed by atoms with Gasteiger partial charge in [0.25, 0.3) is 0 Å². The Morgan fingerprint density at radius 2 is 2.16 bits per heavy atom. The fourth-order valence-electron chi connectivity index (χ4n) is 1.79. The molecule has 110 valence electrons. The molecule has 0 spiro atoms. The lowest BCUT2D eigenvalue weighted by atomic mass is 10.1. The zero-order valence-corrected chi connectivity index (χ0v) is 12.8. The Balaban J connectivity index is 2.10. The number of aliphatic hydroxyl groups excluding tert-OH is 1. The van der Waals surface area contributed by atoms with Crippen LogP contribution in [0.15, 0.2) is 16.8 Å². The molecule has 19 heavy (non-hydrogen) atoms. The molecule has 0 fully saturated rings. The summed E-state index contributed by atoms with van der Waals surface area (Å²) in [5.41, 5.74) is 1.34. The highest BCUT2D eigenvalue weighted by molar-refractivity contribution is 7.07. The van der Waals surface area contributed by atoms with E-state index in [9.17, 15) is 5.11 Å². The van der Waals surface area contributed by atoms with Crippen molar-refractivity contribution in [2.45, 2.75) is 38.5 Å². The maximum absolute atomic E-state index is 9.82. The average Bonchev–Trinajstić information content (AvgIpc) is 2.87. The molecule has 0 saturated heterocycles. The van der Waals surface area contributed by atoms with Crippen LogP contribution in [0.1, 0.15) is 19.4 Å². The van der Waals surface area contributed by atoms with E-state index in [-0.39, 0.29) is 6.10 Å². The molecule has 0 amide bonds. The largest absolute Gasteiger partial charge is 0.389 e. The molecule has 1 aromatic heterocycles. The van der Waals surface area contributed by atoms with E-state index < -0.39 is 6.10 Å². The van der Waals surface area contributed by atoms with Crippen LogP contribution in [0.2, 0.25) is 0 Å². The lowest BCUT2D eigenvalue weighted by Crippen LogP contribution is -2.37. The van der Waals surface area contributed by atoms with Gasteiger partial charge in [-0.25, -0.2) is 0 Å². The first kappa shape index (κ1) is 16.6. The van der Waals surface area contributed by atoms with Gasteiger partial charge in [-0.1, -0.05) is 0 Å². The standard InChI is InChI=1S/C14H25NO3S/c1-11(6-13-4-5-19-10-13)15-7-14(16)9-18-12(2)8-17-3/h4-5,10-12,14-16H,6-9H2,1-3H3. The van der Waals surface area contributed by atoms with Crippen LogP contribution in [0.4, 0.5) is 0 Å². The maximum atomic E-state index is 9.82. The van der Waals surface area contributed by atoms with Gasteiger partial charge >= 0.3 is 0 Å². The minimum absolute atomic E-state index is 0.0166. The highest BCUT2D eigenvalue weighted by Gasteiger charge is 2.10. The van der Waals surface area contributed by atoms with E-state index in [0.717, 1.165) is 6.42 Å². The Labute approximate surface area is 119 Å². The van der Waals surface area contributed by atoms with Crippen LogP contribution >= 0.6 is 11.3 Å². The summed E-state index contributed by atoms with van der Waals surface area (Å²) in [7, 11) is 1.64. The van der Waals surface area contributed by atoms with Crippen molar-refractivity contribution < 1.29 is 14.6 Å². The normalized spacial score (nSPS) is 16.2. The molecule has 2 N–H and O–H groups in total. The van der Waals surface area contributed by atoms with Crippen molar-refractivity contribution in [1.29, 1.82) is 0 Å². The lowest BCUT2D eigenvalue weighted by molar-refractivity contribution is -0.0314. The number of methoxy groups -OCH3 is 1. The van der Waals surface area contributed by atoms with E-state index in [1.807, 2.05) is 6.92 Å². The first-order chi connectivity index (χ1) is 9.11. The van der Waals surface area contributed by atoms with E-state index >= 15 is 0 Å². The van der Waals surface area contributed by atoms with Gasteiger partial charge in [0.1, 0.15) is 0 Å². The molecule has 0 aliphatic rings. The minimum atomic E-state index is -0.482. The Bertz CT molecular complexity index is 319. The topological polar surface area (TPSA) is 50.7 Å². The van der Waals surface area contributed by atoms with Crippen LogP contribution in [-0.2, 0) is 15.9 Å². The molecular weight excluding hydrogens is 262 g/mol.